The summed E-state index contributed by atoms with van der Waals surface area (Å²) in [5.74, 6) is 1.73. The van der Waals surface area contributed by atoms with E-state index >= 15 is 0 Å². The molecule has 0 unspecified atom stereocenters. The van der Waals surface area contributed by atoms with Gasteiger partial charge in [-0.05, 0) is 61.1 Å². The van der Waals surface area contributed by atoms with Gasteiger partial charge in [0, 0.05) is 55.7 Å². The summed E-state index contributed by atoms with van der Waals surface area (Å²) in [7, 11) is 0. The van der Waals surface area contributed by atoms with Crippen LogP contribution in [0.25, 0.3) is 0 Å². The Kier molecular flexibility index (Phi) is 6.11. The van der Waals surface area contributed by atoms with Gasteiger partial charge >= 0.3 is 0 Å². The molecule has 31 heavy (non-hydrogen) atoms. The minimum Gasteiger partial charge on any atom is -0.454 e. The second-order valence-electron chi connectivity index (χ2n) is 9.23. The van der Waals surface area contributed by atoms with E-state index in [0.717, 1.165) is 62.1 Å². The fraction of sp³-hybridized carbons (Fsp3) is 0.520. The first-order chi connectivity index (χ1) is 15.1. The Balaban J connectivity index is 1.14. The molecule has 0 amide bonds. The minimum atomic E-state index is 0.0859. The highest BCUT2D eigenvalue weighted by molar-refractivity contribution is 6.30. The predicted octanol–water partition coefficient (Wildman–Crippen LogP) is 4.03. The molecule has 166 valence electrons. The van der Waals surface area contributed by atoms with Gasteiger partial charge in [0.05, 0.1) is 0 Å². The molecule has 0 radical (unpaired) electrons. The maximum Gasteiger partial charge on any atom is 0.231 e. The summed E-state index contributed by atoms with van der Waals surface area (Å²) in [5, 5.41) is 0.811. The molecule has 6 heteroatoms. The van der Waals surface area contributed by atoms with E-state index in [2.05, 4.69) is 40.1 Å². The van der Waals surface area contributed by atoms with E-state index in [1.165, 1.54) is 24.0 Å². The normalized spacial score (nSPS) is 26.8. The second kappa shape index (κ2) is 8.99. The van der Waals surface area contributed by atoms with Crippen molar-refractivity contribution in [1.29, 1.82) is 0 Å². The Morgan fingerprint density at radius 3 is 2.48 bits per heavy atom. The molecule has 2 N–H and O–H groups in total. The quantitative estimate of drug-likeness (QED) is 0.759. The standard InChI is InChI=1S/C25H32ClN3O2/c26-21-3-1-2-20(15-21)25(17-27)8-6-22(7-9-25)29-12-10-28(11-13-29)16-19-4-5-23-24(14-19)31-18-30-23/h1-5,14-15,22H,6-13,16-18,27H2. The zero-order chi connectivity index (χ0) is 21.3. The van der Waals surface area contributed by atoms with Crippen LogP contribution in [0.2, 0.25) is 5.02 Å². The average Bonchev–Trinajstić information content (AvgIpc) is 3.28. The number of hydrogen-bond donors (Lipinski definition) is 1. The number of nitrogens with zero attached hydrogens (tertiary/aromatic N) is 2. The summed E-state index contributed by atoms with van der Waals surface area (Å²) in [6.45, 7) is 6.51. The Hall–Kier alpha value is -1.79. The topological polar surface area (TPSA) is 51.0 Å². The third-order valence-electron chi connectivity index (χ3n) is 7.51. The van der Waals surface area contributed by atoms with E-state index in [0.29, 0.717) is 19.4 Å². The van der Waals surface area contributed by atoms with E-state index in [1.54, 1.807) is 0 Å². The van der Waals surface area contributed by atoms with E-state index < -0.39 is 0 Å². The first-order valence-electron chi connectivity index (χ1n) is 11.5. The van der Waals surface area contributed by atoms with Gasteiger partial charge in [0.1, 0.15) is 0 Å². The average molecular weight is 442 g/mol. The molecule has 1 aliphatic carbocycles. The van der Waals surface area contributed by atoms with Gasteiger partial charge in [0.25, 0.3) is 0 Å². The third-order valence-corrected chi connectivity index (χ3v) is 7.74. The lowest BCUT2D eigenvalue weighted by molar-refractivity contribution is 0.0629. The lowest BCUT2D eigenvalue weighted by Crippen LogP contribution is -2.52. The molecule has 1 saturated heterocycles. The van der Waals surface area contributed by atoms with Crippen LogP contribution in [0.4, 0.5) is 0 Å². The molecule has 2 aromatic carbocycles. The van der Waals surface area contributed by atoms with Crippen molar-refractivity contribution in [3.63, 3.8) is 0 Å². The Labute approximate surface area is 190 Å². The van der Waals surface area contributed by atoms with Gasteiger partial charge in [0.2, 0.25) is 6.79 Å². The molecule has 2 fully saturated rings. The zero-order valence-corrected chi connectivity index (χ0v) is 18.8. The van der Waals surface area contributed by atoms with Gasteiger partial charge in [-0.3, -0.25) is 9.80 Å². The number of halogens is 1. The third kappa shape index (κ3) is 4.42. The number of ether oxygens (including phenoxy) is 2. The maximum absolute atomic E-state index is 6.29. The number of rotatable bonds is 5. The lowest BCUT2D eigenvalue weighted by atomic mass is 9.68. The summed E-state index contributed by atoms with van der Waals surface area (Å²) >= 11 is 6.27. The highest BCUT2D eigenvalue weighted by Crippen LogP contribution is 2.41. The highest BCUT2D eigenvalue weighted by Gasteiger charge is 2.38. The van der Waals surface area contributed by atoms with E-state index in [1.807, 2.05) is 12.1 Å². The summed E-state index contributed by atoms with van der Waals surface area (Å²) in [4.78, 5) is 5.25. The van der Waals surface area contributed by atoms with Crippen LogP contribution in [-0.4, -0.2) is 55.4 Å². The van der Waals surface area contributed by atoms with Crippen molar-refractivity contribution in [2.75, 3.05) is 39.5 Å². The molecule has 0 atom stereocenters. The van der Waals surface area contributed by atoms with Crippen molar-refractivity contribution >= 4 is 11.6 Å². The number of hydrogen-bond acceptors (Lipinski definition) is 5. The summed E-state index contributed by atoms with van der Waals surface area (Å²) < 4.78 is 10.9. The molecule has 3 aliphatic rings. The minimum absolute atomic E-state index is 0.0859. The van der Waals surface area contributed by atoms with Crippen molar-refractivity contribution in [3.05, 3.63) is 58.6 Å². The predicted molar refractivity (Wildman–Crippen MR) is 124 cm³/mol. The van der Waals surface area contributed by atoms with Gasteiger partial charge in [-0.1, -0.05) is 29.8 Å². The van der Waals surface area contributed by atoms with Crippen LogP contribution >= 0.6 is 11.6 Å². The number of fused-ring (bicyclic) bond motifs is 1. The number of piperazine rings is 1. The Morgan fingerprint density at radius 2 is 1.74 bits per heavy atom. The molecule has 1 saturated carbocycles. The highest BCUT2D eigenvalue weighted by atomic mass is 35.5. The largest absolute Gasteiger partial charge is 0.454 e. The van der Waals surface area contributed by atoms with Crippen LogP contribution in [0.3, 0.4) is 0 Å². The zero-order valence-electron chi connectivity index (χ0n) is 18.1. The molecule has 2 aromatic rings. The summed E-state index contributed by atoms with van der Waals surface area (Å²) in [6.07, 6.45) is 4.72. The molecule has 0 spiro atoms. The number of nitrogens with two attached hydrogens (primary N) is 1. The molecule has 5 rings (SSSR count). The SMILES string of the molecule is NCC1(c2cccc(Cl)c2)CCC(N2CCN(Cc3ccc4c(c3)OCO4)CC2)CC1. The fourth-order valence-electron chi connectivity index (χ4n) is 5.53. The van der Waals surface area contributed by atoms with Crippen LogP contribution in [0, 0.1) is 0 Å². The number of benzene rings is 2. The lowest BCUT2D eigenvalue weighted by Gasteiger charge is -2.46. The van der Waals surface area contributed by atoms with Crippen molar-refractivity contribution < 1.29 is 9.47 Å². The van der Waals surface area contributed by atoms with Crippen LogP contribution in [-0.2, 0) is 12.0 Å². The van der Waals surface area contributed by atoms with Gasteiger partial charge in [-0.25, -0.2) is 0 Å². The Bertz CT molecular complexity index is 905. The van der Waals surface area contributed by atoms with Gasteiger partial charge < -0.3 is 15.2 Å². The molecule has 5 nitrogen and oxygen atoms in total. The van der Waals surface area contributed by atoms with Crippen LogP contribution in [0.15, 0.2) is 42.5 Å². The van der Waals surface area contributed by atoms with Crippen LogP contribution < -0.4 is 15.2 Å². The first-order valence-corrected chi connectivity index (χ1v) is 11.8. The molecule has 0 bridgehead atoms. The molecular formula is C25H32ClN3O2. The molecular weight excluding hydrogens is 410 g/mol. The Morgan fingerprint density at radius 1 is 0.968 bits per heavy atom. The van der Waals surface area contributed by atoms with Gasteiger partial charge in [-0.2, -0.15) is 0 Å². The van der Waals surface area contributed by atoms with Crippen molar-refractivity contribution in [2.24, 2.45) is 5.73 Å². The van der Waals surface area contributed by atoms with E-state index in [-0.39, 0.29) is 5.41 Å². The van der Waals surface area contributed by atoms with Crippen LogP contribution in [0.5, 0.6) is 11.5 Å². The van der Waals surface area contributed by atoms with Gasteiger partial charge in [0.15, 0.2) is 11.5 Å². The molecule has 2 aliphatic heterocycles. The first kappa shape index (κ1) is 21.1. The maximum atomic E-state index is 6.29. The second-order valence-corrected chi connectivity index (χ2v) is 9.66. The summed E-state index contributed by atoms with van der Waals surface area (Å²) in [6, 6.07) is 15.3. The summed E-state index contributed by atoms with van der Waals surface area (Å²) in [5.41, 5.74) is 8.99. The van der Waals surface area contributed by atoms with Crippen molar-refractivity contribution in [1.82, 2.24) is 9.80 Å². The monoisotopic (exact) mass is 441 g/mol. The molecule has 2 heterocycles. The van der Waals surface area contributed by atoms with Crippen molar-refractivity contribution in [3.8, 4) is 11.5 Å². The fourth-order valence-corrected chi connectivity index (χ4v) is 5.72. The van der Waals surface area contributed by atoms with Crippen molar-refractivity contribution in [2.45, 2.75) is 43.7 Å². The van der Waals surface area contributed by atoms with Crippen LogP contribution in [0.1, 0.15) is 36.8 Å². The van der Waals surface area contributed by atoms with E-state index in [9.17, 15) is 0 Å². The smallest absolute Gasteiger partial charge is 0.231 e. The van der Waals surface area contributed by atoms with E-state index in [4.69, 9.17) is 26.8 Å². The molecule has 0 aromatic heterocycles. The van der Waals surface area contributed by atoms with Gasteiger partial charge in [-0.15, -0.1) is 0 Å².